The van der Waals surface area contributed by atoms with Gasteiger partial charge in [-0.1, -0.05) is 0 Å². The summed E-state index contributed by atoms with van der Waals surface area (Å²) in [6.07, 6.45) is 0. The molecule has 0 rings (SSSR count). The summed E-state index contributed by atoms with van der Waals surface area (Å²) in [5.41, 5.74) is 1.84. The van der Waals surface area contributed by atoms with E-state index in [2.05, 4.69) is 5.32 Å². The van der Waals surface area contributed by atoms with Crippen LogP contribution >= 0.6 is 0 Å². The molecule has 0 aliphatic carbocycles. The van der Waals surface area contributed by atoms with Crippen molar-refractivity contribution in [2.45, 2.75) is 0 Å². The topological polar surface area (TPSA) is 87.5 Å². The fourth-order valence-electron chi connectivity index (χ4n) is 0.365. The Morgan fingerprint density at radius 3 is 2.36 bits per heavy atom. The number of amides is 3. The molecular formula is C5H12N4O2. The van der Waals surface area contributed by atoms with Crippen LogP contribution in [0.15, 0.2) is 0 Å². The summed E-state index contributed by atoms with van der Waals surface area (Å²) in [5.74, 6) is 4.56. The van der Waals surface area contributed by atoms with Gasteiger partial charge in [-0.15, -0.1) is 0 Å². The Balaban J connectivity index is 3.54. The largest absolute Gasteiger partial charge is 0.347 e. The average molecular weight is 160 g/mol. The Kier molecular flexibility index (Phi) is 3.97. The minimum Gasteiger partial charge on any atom is -0.347 e. The van der Waals surface area contributed by atoms with E-state index in [0.29, 0.717) is 0 Å². The second-order valence-electron chi connectivity index (χ2n) is 2.12. The number of nitrogens with zero attached hydrogens (tertiary/aromatic N) is 1. The number of nitrogens with one attached hydrogen (secondary N) is 2. The molecule has 0 spiro atoms. The second-order valence-corrected chi connectivity index (χ2v) is 2.12. The third-order valence-corrected chi connectivity index (χ3v) is 1.03. The monoisotopic (exact) mass is 160 g/mol. The smallest absolute Gasteiger partial charge is 0.329 e. The summed E-state index contributed by atoms with van der Waals surface area (Å²) >= 11 is 0. The maximum atomic E-state index is 10.8. The summed E-state index contributed by atoms with van der Waals surface area (Å²) in [6.45, 7) is -0.0456. The number of urea groups is 1. The second kappa shape index (κ2) is 4.51. The van der Waals surface area contributed by atoms with E-state index in [0.717, 1.165) is 0 Å². The van der Waals surface area contributed by atoms with Crippen LogP contribution in [0.25, 0.3) is 0 Å². The fraction of sp³-hybridized carbons (Fsp3) is 0.600. The molecule has 4 N–H and O–H groups in total. The molecule has 64 valence electrons. The Labute approximate surface area is 64.7 Å². The van der Waals surface area contributed by atoms with Gasteiger partial charge in [0.1, 0.15) is 0 Å². The molecule has 0 heterocycles. The highest BCUT2D eigenvalue weighted by molar-refractivity contribution is 5.83. The lowest BCUT2D eigenvalue weighted by molar-refractivity contribution is -0.127. The quantitative estimate of drug-likeness (QED) is 0.254. The molecule has 11 heavy (non-hydrogen) atoms. The van der Waals surface area contributed by atoms with Gasteiger partial charge in [-0.25, -0.2) is 10.6 Å². The summed E-state index contributed by atoms with van der Waals surface area (Å²) < 4.78 is 0. The van der Waals surface area contributed by atoms with E-state index in [4.69, 9.17) is 5.84 Å². The number of nitrogens with two attached hydrogens (primary N) is 1. The van der Waals surface area contributed by atoms with Gasteiger partial charge < -0.3 is 10.2 Å². The first-order chi connectivity index (χ1) is 5.07. The highest BCUT2D eigenvalue weighted by atomic mass is 16.2. The molecule has 3 amide bonds. The Morgan fingerprint density at radius 2 is 2.00 bits per heavy atom. The first kappa shape index (κ1) is 9.70. The lowest BCUT2D eigenvalue weighted by Crippen LogP contribution is -2.44. The molecule has 0 aliphatic rings. The van der Waals surface area contributed by atoms with E-state index in [1.54, 1.807) is 14.1 Å². The molecule has 0 saturated carbocycles. The van der Waals surface area contributed by atoms with Crippen LogP contribution < -0.4 is 16.6 Å². The molecule has 0 atom stereocenters. The van der Waals surface area contributed by atoms with Crippen LogP contribution in [0, 0.1) is 0 Å². The fourth-order valence-corrected chi connectivity index (χ4v) is 0.365. The maximum absolute atomic E-state index is 10.8. The van der Waals surface area contributed by atoms with Gasteiger partial charge in [0.05, 0.1) is 6.54 Å². The number of carbonyl (C=O) groups is 2. The summed E-state index contributed by atoms with van der Waals surface area (Å²) in [6, 6.07) is -0.569. The van der Waals surface area contributed by atoms with Crippen molar-refractivity contribution in [2.75, 3.05) is 20.6 Å². The van der Waals surface area contributed by atoms with Crippen LogP contribution in [-0.2, 0) is 4.79 Å². The zero-order chi connectivity index (χ0) is 8.85. The highest BCUT2D eigenvalue weighted by Crippen LogP contribution is 1.74. The van der Waals surface area contributed by atoms with E-state index in [1.807, 2.05) is 5.43 Å². The number of hydrogen-bond acceptors (Lipinski definition) is 3. The SMILES string of the molecule is CN(C)C(=O)CNC(=O)NN. The molecular weight excluding hydrogens is 148 g/mol. The van der Waals surface area contributed by atoms with Gasteiger partial charge in [0.2, 0.25) is 5.91 Å². The van der Waals surface area contributed by atoms with Crippen molar-refractivity contribution in [3.8, 4) is 0 Å². The van der Waals surface area contributed by atoms with Crippen LogP contribution in [0.1, 0.15) is 0 Å². The zero-order valence-corrected chi connectivity index (χ0v) is 6.55. The van der Waals surface area contributed by atoms with E-state index < -0.39 is 6.03 Å². The van der Waals surface area contributed by atoms with Crippen molar-refractivity contribution in [1.29, 1.82) is 0 Å². The molecule has 0 saturated heterocycles. The van der Waals surface area contributed by atoms with Gasteiger partial charge in [0.25, 0.3) is 0 Å². The van der Waals surface area contributed by atoms with E-state index >= 15 is 0 Å². The number of carbonyl (C=O) groups excluding carboxylic acids is 2. The summed E-state index contributed by atoms with van der Waals surface area (Å²) in [4.78, 5) is 22.6. The van der Waals surface area contributed by atoms with Crippen LogP contribution in [0.3, 0.4) is 0 Å². The molecule has 0 unspecified atom stereocenters. The van der Waals surface area contributed by atoms with E-state index in [-0.39, 0.29) is 12.5 Å². The average Bonchev–Trinajstić information content (AvgIpc) is 1.99. The molecule has 0 aliphatic heterocycles. The van der Waals surface area contributed by atoms with Gasteiger partial charge >= 0.3 is 6.03 Å². The lowest BCUT2D eigenvalue weighted by Gasteiger charge is -2.10. The predicted octanol–water partition coefficient (Wildman–Crippen LogP) is -1.75. The number of rotatable bonds is 2. The van der Waals surface area contributed by atoms with Crippen LogP contribution in [0.4, 0.5) is 4.79 Å². The standard InChI is InChI=1S/C5H12N4O2/c1-9(2)4(10)3-7-5(11)8-6/h3,6H2,1-2H3,(H2,7,8,11). The van der Waals surface area contributed by atoms with Crippen molar-refractivity contribution in [2.24, 2.45) is 5.84 Å². The first-order valence-electron chi connectivity index (χ1n) is 3.02. The molecule has 0 fully saturated rings. The minimum absolute atomic E-state index is 0.0456. The van der Waals surface area contributed by atoms with Crippen LogP contribution in [0.2, 0.25) is 0 Å². The third kappa shape index (κ3) is 4.15. The number of likely N-dealkylation sites (N-methyl/N-ethyl adjacent to an activating group) is 1. The molecule has 0 radical (unpaired) electrons. The normalized spacial score (nSPS) is 8.64. The van der Waals surface area contributed by atoms with Gasteiger partial charge in [-0.3, -0.25) is 10.2 Å². The maximum Gasteiger partial charge on any atom is 0.329 e. The molecule has 6 nitrogen and oxygen atoms in total. The molecule has 0 aromatic carbocycles. The molecule has 0 aromatic rings. The van der Waals surface area contributed by atoms with Gasteiger partial charge in [0.15, 0.2) is 0 Å². The predicted molar refractivity (Wildman–Crippen MR) is 39.4 cm³/mol. The van der Waals surface area contributed by atoms with Crippen molar-refractivity contribution < 1.29 is 9.59 Å². The van der Waals surface area contributed by atoms with Crippen LogP contribution in [0.5, 0.6) is 0 Å². The summed E-state index contributed by atoms with van der Waals surface area (Å²) in [7, 11) is 3.20. The Morgan fingerprint density at radius 1 is 1.45 bits per heavy atom. The van der Waals surface area contributed by atoms with Crippen molar-refractivity contribution >= 4 is 11.9 Å². The summed E-state index contributed by atoms with van der Waals surface area (Å²) in [5, 5.41) is 2.25. The zero-order valence-electron chi connectivity index (χ0n) is 6.55. The first-order valence-corrected chi connectivity index (χ1v) is 3.02. The van der Waals surface area contributed by atoms with Crippen molar-refractivity contribution in [3.63, 3.8) is 0 Å². The van der Waals surface area contributed by atoms with Gasteiger partial charge in [-0.05, 0) is 0 Å². The van der Waals surface area contributed by atoms with Crippen molar-refractivity contribution in [1.82, 2.24) is 15.6 Å². The van der Waals surface area contributed by atoms with E-state index in [9.17, 15) is 9.59 Å². The lowest BCUT2D eigenvalue weighted by atomic mass is 10.5. The van der Waals surface area contributed by atoms with Crippen LogP contribution in [-0.4, -0.2) is 37.5 Å². The van der Waals surface area contributed by atoms with Gasteiger partial charge in [-0.2, -0.15) is 0 Å². The minimum atomic E-state index is -0.569. The third-order valence-electron chi connectivity index (χ3n) is 1.03. The van der Waals surface area contributed by atoms with E-state index in [1.165, 1.54) is 4.90 Å². The van der Waals surface area contributed by atoms with Crippen molar-refractivity contribution in [3.05, 3.63) is 0 Å². The Bertz CT molecular complexity index is 157. The van der Waals surface area contributed by atoms with Gasteiger partial charge in [0, 0.05) is 14.1 Å². The molecule has 0 bridgehead atoms. The highest BCUT2D eigenvalue weighted by Gasteiger charge is 2.04. The Hall–Kier alpha value is -1.30. The number of hydrazine groups is 1. The number of hydrogen-bond donors (Lipinski definition) is 3. The molecule has 0 aromatic heterocycles. The molecule has 6 heteroatoms.